The Morgan fingerprint density at radius 2 is 1.39 bits per heavy atom. The molecule has 41 heavy (non-hydrogen) atoms. The van der Waals surface area contributed by atoms with Crippen LogP contribution in [0.15, 0.2) is 89.9 Å². The van der Waals surface area contributed by atoms with Gasteiger partial charge in [-0.1, -0.05) is 78.3 Å². The van der Waals surface area contributed by atoms with Gasteiger partial charge in [0.25, 0.3) is 0 Å². The van der Waals surface area contributed by atoms with Crippen molar-refractivity contribution in [3.05, 3.63) is 118 Å². The summed E-state index contributed by atoms with van der Waals surface area (Å²) in [5.74, 6) is 1.10. The van der Waals surface area contributed by atoms with E-state index in [-0.39, 0.29) is 6.04 Å². The van der Waals surface area contributed by atoms with E-state index >= 15 is 0 Å². The summed E-state index contributed by atoms with van der Waals surface area (Å²) < 4.78 is 0. The number of rotatable bonds is 5. The number of guanidine groups is 1. The average molecular weight is 584 g/mol. The van der Waals surface area contributed by atoms with Crippen LogP contribution in [0.2, 0.25) is 5.02 Å². The van der Waals surface area contributed by atoms with Crippen molar-refractivity contribution in [2.75, 3.05) is 36.8 Å². The van der Waals surface area contributed by atoms with E-state index in [2.05, 4.69) is 91.1 Å². The molecule has 0 bridgehead atoms. The first kappa shape index (κ1) is 28.7. The molecule has 1 saturated heterocycles. The lowest BCUT2D eigenvalue weighted by Crippen LogP contribution is -2.52. The summed E-state index contributed by atoms with van der Waals surface area (Å²) in [6.45, 7) is 9.08. The smallest absolute Gasteiger partial charge is 0.229 e. The monoisotopic (exact) mass is 583 g/mol. The number of aryl methyl sites for hydroxylation is 3. The first-order chi connectivity index (χ1) is 19.9. The summed E-state index contributed by atoms with van der Waals surface area (Å²) in [4.78, 5) is 18.7. The summed E-state index contributed by atoms with van der Waals surface area (Å²) in [7, 11) is 0. The molecule has 210 valence electrons. The van der Waals surface area contributed by atoms with Gasteiger partial charge in [0.2, 0.25) is 17.0 Å². The van der Waals surface area contributed by atoms with Crippen molar-refractivity contribution in [3.63, 3.8) is 0 Å². The Morgan fingerprint density at radius 1 is 0.805 bits per heavy atom. The molecule has 1 aliphatic heterocycles. The first-order valence-electron chi connectivity index (χ1n) is 13.7. The number of benzene rings is 3. The van der Waals surface area contributed by atoms with Crippen LogP contribution in [-0.4, -0.2) is 57.0 Å². The normalized spacial score (nSPS) is 14.3. The number of aliphatic imine (C=N–C) groups is 1. The van der Waals surface area contributed by atoms with E-state index in [1.54, 1.807) is 0 Å². The molecule has 2 heterocycles. The van der Waals surface area contributed by atoms with Crippen molar-refractivity contribution < 1.29 is 0 Å². The van der Waals surface area contributed by atoms with Crippen molar-refractivity contribution in [2.45, 2.75) is 26.8 Å². The molecule has 0 spiro atoms. The van der Waals surface area contributed by atoms with Crippen molar-refractivity contribution in [1.82, 2.24) is 19.8 Å². The molecular weight excluding hydrogens is 550 g/mol. The summed E-state index contributed by atoms with van der Waals surface area (Å²) in [6.07, 6.45) is 0. The zero-order chi connectivity index (χ0) is 28.8. The fraction of sp³-hybridized carbons (Fsp3) is 0.250. The summed E-state index contributed by atoms with van der Waals surface area (Å²) >= 11 is 12.1. The first-order valence-corrected chi connectivity index (χ1v) is 14.5. The average Bonchev–Trinajstić information content (AvgIpc) is 2.95. The van der Waals surface area contributed by atoms with Crippen molar-refractivity contribution in [3.8, 4) is 0 Å². The number of piperazine rings is 1. The van der Waals surface area contributed by atoms with Crippen molar-refractivity contribution >= 4 is 46.5 Å². The number of thiocarbonyl (C=S) groups is 1. The lowest BCUT2D eigenvalue weighted by Gasteiger charge is -2.40. The van der Waals surface area contributed by atoms with Crippen LogP contribution < -0.4 is 10.6 Å². The topological polar surface area (TPSA) is 68.7 Å². The molecule has 3 aromatic carbocycles. The highest BCUT2D eigenvalue weighted by Crippen LogP contribution is 2.29. The molecule has 0 aliphatic carbocycles. The number of nitrogens with one attached hydrogen (secondary N) is 2. The van der Waals surface area contributed by atoms with E-state index in [4.69, 9.17) is 28.8 Å². The molecule has 0 saturated carbocycles. The second-order valence-corrected chi connectivity index (χ2v) is 11.0. The van der Waals surface area contributed by atoms with Gasteiger partial charge in [0.1, 0.15) is 0 Å². The van der Waals surface area contributed by atoms with E-state index < -0.39 is 0 Å². The fourth-order valence-corrected chi connectivity index (χ4v) is 5.58. The molecule has 0 atom stereocenters. The Balaban J connectivity index is 1.38. The third-order valence-corrected chi connectivity index (χ3v) is 7.50. The third kappa shape index (κ3) is 7.47. The SMILES string of the molecule is Cc1ccc(NC(=S)/N=C(/Nc2nc(C)cc(C)n2)N2CCN(C(c3ccccc3)c3ccccc3)CC2)c(Cl)c1. The summed E-state index contributed by atoms with van der Waals surface area (Å²) in [5, 5.41) is 7.43. The van der Waals surface area contributed by atoms with Gasteiger partial charge in [0.05, 0.1) is 16.8 Å². The van der Waals surface area contributed by atoms with Gasteiger partial charge in [-0.15, -0.1) is 0 Å². The van der Waals surface area contributed by atoms with Crippen LogP contribution in [0, 0.1) is 20.8 Å². The second kappa shape index (κ2) is 13.2. The molecule has 0 amide bonds. The van der Waals surface area contributed by atoms with Gasteiger partial charge in [0.15, 0.2) is 0 Å². The Kier molecular flexibility index (Phi) is 9.24. The van der Waals surface area contributed by atoms with E-state index in [1.165, 1.54) is 11.1 Å². The molecule has 4 aromatic rings. The Bertz CT molecular complexity index is 1460. The molecule has 7 nitrogen and oxygen atoms in total. The Hall–Kier alpha value is -3.85. The quantitative estimate of drug-likeness (QED) is 0.155. The standard InChI is InChI=1S/C32H34ClN7S/c1-22-14-15-28(27(33)20-22)36-32(41)38-31(37-30-34-23(2)21-24(3)35-30)40-18-16-39(17-19-40)29(25-10-6-4-7-11-25)26-12-8-5-9-13-26/h4-15,20-21,29H,16-19H2,1-3H3,(H2,34,35,36,37,38,41). The third-order valence-electron chi connectivity index (χ3n) is 6.99. The van der Waals surface area contributed by atoms with Crippen LogP contribution in [0.25, 0.3) is 0 Å². The maximum absolute atomic E-state index is 6.45. The minimum absolute atomic E-state index is 0.169. The molecule has 2 N–H and O–H groups in total. The van der Waals surface area contributed by atoms with Crippen LogP contribution >= 0.6 is 23.8 Å². The molecule has 9 heteroatoms. The number of hydrogen-bond acceptors (Lipinski definition) is 4. The van der Waals surface area contributed by atoms with Crippen molar-refractivity contribution in [1.29, 1.82) is 0 Å². The van der Waals surface area contributed by atoms with E-state index in [9.17, 15) is 0 Å². The Morgan fingerprint density at radius 3 is 1.95 bits per heavy atom. The zero-order valence-corrected chi connectivity index (χ0v) is 25.1. The van der Waals surface area contributed by atoms with Crippen LogP contribution in [0.1, 0.15) is 34.1 Å². The summed E-state index contributed by atoms with van der Waals surface area (Å²) in [6, 6.07) is 29.3. The largest absolute Gasteiger partial charge is 0.340 e. The van der Waals surface area contributed by atoms with Gasteiger partial charge >= 0.3 is 0 Å². The molecule has 0 unspecified atom stereocenters. The molecule has 0 radical (unpaired) electrons. The van der Waals surface area contributed by atoms with E-state index in [0.717, 1.165) is 43.1 Å². The fourth-order valence-electron chi connectivity index (χ4n) is 5.10. The molecule has 1 aliphatic rings. The number of hydrogen-bond donors (Lipinski definition) is 2. The van der Waals surface area contributed by atoms with Crippen LogP contribution in [0.4, 0.5) is 11.6 Å². The van der Waals surface area contributed by atoms with Gasteiger partial charge in [-0.2, -0.15) is 4.99 Å². The predicted octanol–water partition coefficient (Wildman–Crippen LogP) is 6.63. The van der Waals surface area contributed by atoms with Crippen molar-refractivity contribution in [2.24, 2.45) is 4.99 Å². The molecule has 5 rings (SSSR count). The lowest BCUT2D eigenvalue weighted by atomic mass is 9.96. The zero-order valence-electron chi connectivity index (χ0n) is 23.5. The van der Waals surface area contributed by atoms with Gasteiger partial charge in [0, 0.05) is 37.6 Å². The Labute approximate surface area is 252 Å². The van der Waals surface area contributed by atoms with Crippen LogP contribution in [0.3, 0.4) is 0 Å². The lowest BCUT2D eigenvalue weighted by molar-refractivity contribution is 0.150. The number of anilines is 2. The van der Waals surface area contributed by atoms with Gasteiger partial charge in [-0.25, -0.2) is 9.97 Å². The molecular formula is C32H34ClN7S. The highest BCUT2D eigenvalue weighted by Gasteiger charge is 2.28. The van der Waals surface area contributed by atoms with Gasteiger partial charge in [-0.3, -0.25) is 10.2 Å². The molecule has 1 fully saturated rings. The minimum Gasteiger partial charge on any atom is -0.340 e. The van der Waals surface area contributed by atoms with E-state index in [0.29, 0.717) is 27.7 Å². The highest BCUT2D eigenvalue weighted by molar-refractivity contribution is 7.80. The summed E-state index contributed by atoms with van der Waals surface area (Å²) in [5.41, 5.74) is 6.11. The number of halogens is 1. The minimum atomic E-state index is 0.169. The highest BCUT2D eigenvalue weighted by atomic mass is 35.5. The maximum Gasteiger partial charge on any atom is 0.229 e. The van der Waals surface area contributed by atoms with Gasteiger partial charge < -0.3 is 10.2 Å². The number of aromatic nitrogens is 2. The van der Waals surface area contributed by atoms with Gasteiger partial charge in [-0.05, 0) is 67.9 Å². The van der Waals surface area contributed by atoms with E-state index in [1.807, 2.05) is 45.0 Å². The second-order valence-electron chi connectivity index (χ2n) is 10.2. The number of nitrogens with zero attached hydrogens (tertiary/aromatic N) is 5. The molecule has 1 aromatic heterocycles. The predicted molar refractivity (Wildman–Crippen MR) is 173 cm³/mol. The van der Waals surface area contributed by atoms with Crippen LogP contribution in [0.5, 0.6) is 0 Å². The van der Waals surface area contributed by atoms with Crippen LogP contribution in [-0.2, 0) is 0 Å². The maximum atomic E-state index is 6.45.